The molecule has 2 aromatic heterocycles. The summed E-state index contributed by atoms with van der Waals surface area (Å²) < 4.78 is 7.10. The van der Waals surface area contributed by atoms with Crippen LogP contribution < -0.4 is 10.1 Å². The fourth-order valence-corrected chi connectivity index (χ4v) is 6.92. The van der Waals surface area contributed by atoms with E-state index in [1.165, 1.54) is 10.4 Å². The Balaban J connectivity index is 1.34. The minimum Gasteiger partial charge on any atom is -0.457 e. The van der Waals surface area contributed by atoms with Crippen molar-refractivity contribution in [1.82, 2.24) is 9.88 Å². The zero-order valence-corrected chi connectivity index (χ0v) is 21.5. The Bertz CT molecular complexity index is 1510. The van der Waals surface area contributed by atoms with Gasteiger partial charge < -0.3 is 10.1 Å². The third kappa shape index (κ3) is 4.53. The largest absolute Gasteiger partial charge is 0.457 e. The molecule has 6 rings (SSSR count). The summed E-state index contributed by atoms with van der Waals surface area (Å²) in [5.41, 5.74) is 3.95. The number of fused-ring (bicyclic) bond motifs is 2. The Morgan fingerprint density at radius 3 is 2.64 bits per heavy atom. The van der Waals surface area contributed by atoms with Crippen molar-refractivity contribution in [2.75, 3.05) is 18.4 Å². The predicted octanol–water partition coefficient (Wildman–Crippen LogP) is 7.45. The molecule has 1 aliphatic rings. The van der Waals surface area contributed by atoms with Gasteiger partial charge in [0.25, 0.3) is 5.91 Å². The van der Waals surface area contributed by atoms with E-state index < -0.39 is 0 Å². The van der Waals surface area contributed by atoms with E-state index in [1.807, 2.05) is 66.7 Å². The zero-order valence-electron chi connectivity index (χ0n) is 19.9. The SMILES string of the molecule is CCN1CCc2c(sc(NC(=O)c3cccc(Oc4ccccc4)c3)c2-c2nc3ccccc3s2)C1. The number of ether oxygens (including phenoxy) is 1. The first-order chi connectivity index (χ1) is 17.7. The quantitative estimate of drug-likeness (QED) is 0.257. The number of amides is 1. The van der Waals surface area contributed by atoms with Crippen LogP contribution in [0.1, 0.15) is 27.7 Å². The lowest BCUT2D eigenvalue weighted by Gasteiger charge is -2.25. The van der Waals surface area contributed by atoms with Gasteiger partial charge in [0.05, 0.1) is 10.2 Å². The fourth-order valence-electron chi connectivity index (χ4n) is 4.52. The summed E-state index contributed by atoms with van der Waals surface area (Å²) in [6, 6.07) is 25.1. The van der Waals surface area contributed by atoms with Crippen LogP contribution in [0.4, 0.5) is 5.00 Å². The summed E-state index contributed by atoms with van der Waals surface area (Å²) in [5, 5.41) is 5.06. The third-order valence-electron chi connectivity index (χ3n) is 6.39. The molecule has 0 saturated carbocycles. The number of aromatic nitrogens is 1. The first-order valence-corrected chi connectivity index (χ1v) is 13.7. The van der Waals surface area contributed by atoms with Gasteiger partial charge in [-0.3, -0.25) is 9.69 Å². The molecule has 1 N–H and O–H groups in total. The Morgan fingerprint density at radius 2 is 1.81 bits per heavy atom. The molecule has 0 aliphatic carbocycles. The summed E-state index contributed by atoms with van der Waals surface area (Å²) in [6.07, 6.45) is 0.960. The highest BCUT2D eigenvalue weighted by Gasteiger charge is 2.27. The molecule has 3 heterocycles. The molecule has 0 spiro atoms. The first-order valence-electron chi connectivity index (χ1n) is 12.0. The van der Waals surface area contributed by atoms with E-state index in [9.17, 15) is 4.79 Å². The van der Waals surface area contributed by atoms with E-state index in [0.717, 1.165) is 57.6 Å². The molecule has 1 amide bonds. The predicted molar refractivity (Wildman–Crippen MR) is 148 cm³/mol. The molecule has 7 heteroatoms. The second-order valence-electron chi connectivity index (χ2n) is 8.71. The van der Waals surface area contributed by atoms with Crippen molar-refractivity contribution >= 4 is 43.8 Å². The lowest BCUT2D eigenvalue weighted by molar-refractivity contribution is 0.102. The van der Waals surface area contributed by atoms with Crippen LogP contribution in [0.5, 0.6) is 11.5 Å². The highest BCUT2D eigenvalue weighted by Crippen LogP contribution is 2.45. The average Bonchev–Trinajstić information content (AvgIpc) is 3.49. The van der Waals surface area contributed by atoms with Gasteiger partial charge in [-0.1, -0.05) is 43.3 Å². The van der Waals surface area contributed by atoms with Gasteiger partial charge in [0.1, 0.15) is 21.5 Å². The third-order valence-corrected chi connectivity index (χ3v) is 8.58. The van der Waals surface area contributed by atoms with Gasteiger partial charge in [0.15, 0.2) is 0 Å². The lowest BCUT2D eigenvalue weighted by Crippen LogP contribution is -2.29. The molecule has 180 valence electrons. The van der Waals surface area contributed by atoms with E-state index in [1.54, 1.807) is 28.7 Å². The van der Waals surface area contributed by atoms with Gasteiger partial charge in [-0.25, -0.2) is 4.98 Å². The number of thiazole rings is 1. The fraction of sp³-hybridized carbons (Fsp3) is 0.172. The molecule has 0 atom stereocenters. The number of anilines is 1. The molecule has 3 aromatic carbocycles. The number of rotatable bonds is 6. The molecule has 0 radical (unpaired) electrons. The number of thiophene rings is 1. The van der Waals surface area contributed by atoms with Gasteiger partial charge in [0.2, 0.25) is 0 Å². The molecular weight excluding hydrogens is 486 g/mol. The zero-order chi connectivity index (χ0) is 24.5. The van der Waals surface area contributed by atoms with Gasteiger partial charge >= 0.3 is 0 Å². The van der Waals surface area contributed by atoms with Crippen molar-refractivity contribution in [2.45, 2.75) is 19.9 Å². The smallest absolute Gasteiger partial charge is 0.256 e. The molecule has 0 bridgehead atoms. The molecule has 36 heavy (non-hydrogen) atoms. The van der Waals surface area contributed by atoms with E-state index in [-0.39, 0.29) is 5.91 Å². The van der Waals surface area contributed by atoms with E-state index in [4.69, 9.17) is 9.72 Å². The number of likely N-dealkylation sites (N-methyl/N-ethyl adjacent to an activating group) is 1. The molecule has 0 saturated heterocycles. The van der Waals surface area contributed by atoms with Crippen LogP contribution in [0, 0.1) is 0 Å². The van der Waals surface area contributed by atoms with Crippen molar-refractivity contribution < 1.29 is 9.53 Å². The minimum atomic E-state index is -0.151. The maximum absolute atomic E-state index is 13.4. The molecular formula is C29H25N3O2S2. The number of nitrogens with zero attached hydrogens (tertiary/aromatic N) is 2. The molecule has 0 unspecified atom stereocenters. The summed E-state index contributed by atoms with van der Waals surface area (Å²) in [5.74, 6) is 1.21. The standard InChI is InChI=1S/C29H25N3O2S2/c1-2-32-16-15-22-25(18-32)36-29(26(22)28-30-23-13-6-7-14-24(23)35-28)31-27(33)19-9-8-12-21(17-19)34-20-10-4-3-5-11-20/h3-14,17H,2,15-16,18H2,1H3,(H,31,33). The van der Waals surface area contributed by atoms with Crippen LogP contribution in [-0.4, -0.2) is 28.9 Å². The van der Waals surface area contributed by atoms with Crippen LogP contribution in [-0.2, 0) is 13.0 Å². The van der Waals surface area contributed by atoms with Crippen LogP contribution in [0.2, 0.25) is 0 Å². The minimum absolute atomic E-state index is 0.151. The van der Waals surface area contributed by atoms with Crippen molar-refractivity contribution in [2.24, 2.45) is 0 Å². The normalized spacial score (nSPS) is 13.5. The maximum Gasteiger partial charge on any atom is 0.256 e. The van der Waals surface area contributed by atoms with Crippen LogP contribution >= 0.6 is 22.7 Å². The van der Waals surface area contributed by atoms with Crippen molar-refractivity contribution in [3.05, 3.63) is 94.9 Å². The molecule has 5 aromatic rings. The summed E-state index contributed by atoms with van der Waals surface area (Å²) >= 11 is 3.36. The van der Waals surface area contributed by atoms with Gasteiger partial charge in [-0.05, 0) is 61.0 Å². The maximum atomic E-state index is 13.4. The van der Waals surface area contributed by atoms with Gasteiger partial charge in [0, 0.05) is 29.1 Å². The molecule has 5 nitrogen and oxygen atoms in total. The number of carbonyl (C=O) groups excluding carboxylic acids is 1. The summed E-state index contributed by atoms with van der Waals surface area (Å²) in [7, 11) is 0. The number of para-hydroxylation sites is 2. The summed E-state index contributed by atoms with van der Waals surface area (Å²) in [4.78, 5) is 22.1. The van der Waals surface area contributed by atoms with E-state index in [0.29, 0.717) is 11.3 Å². The number of hydrogen-bond donors (Lipinski definition) is 1. The Morgan fingerprint density at radius 1 is 1.00 bits per heavy atom. The summed E-state index contributed by atoms with van der Waals surface area (Å²) in [6.45, 7) is 5.14. The Kier molecular flexibility index (Phi) is 6.27. The second kappa shape index (κ2) is 9.85. The number of hydrogen-bond acceptors (Lipinski definition) is 6. The molecule has 0 fully saturated rings. The first kappa shape index (κ1) is 22.9. The van der Waals surface area contributed by atoms with Crippen LogP contribution in [0.15, 0.2) is 78.9 Å². The van der Waals surface area contributed by atoms with Gasteiger partial charge in [-0.2, -0.15) is 0 Å². The van der Waals surface area contributed by atoms with Crippen LogP contribution in [0.25, 0.3) is 20.8 Å². The second-order valence-corrected chi connectivity index (χ2v) is 10.8. The van der Waals surface area contributed by atoms with E-state index >= 15 is 0 Å². The highest BCUT2D eigenvalue weighted by molar-refractivity contribution is 7.23. The average molecular weight is 512 g/mol. The highest BCUT2D eigenvalue weighted by atomic mass is 32.1. The lowest BCUT2D eigenvalue weighted by atomic mass is 10.0. The monoisotopic (exact) mass is 511 g/mol. The Labute approximate surface area is 218 Å². The van der Waals surface area contributed by atoms with Crippen molar-refractivity contribution in [3.8, 4) is 22.1 Å². The van der Waals surface area contributed by atoms with Crippen molar-refractivity contribution in [1.29, 1.82) is 0 Å². The Hall–Kier alpha value is -3.52. The topological polar surface area (TPSA) is 54.5 Å². The van der Waals surface area contributed by atoms with Crippen molar-refractivity contribution in [3.63, 3.8) is 0 Å². The van der Waals surface area contributed by atoms with Crippen LogP contribution in [0.3, 0.4) is 0 Å². The molecule has 1 aliphatic heterocycles. The number of benzene rings is 3. The van der Waals surface area contributed by atoms with E-state index in [2.05, 4.69) is 23.2 Å². The van der Waals surface area contributed by atoms with Gasteiger partial charge in [-0.15, -0.1) is 22.7 Å². The number of nitrogens with one attached hydrogen (secondary N) is 1. The number of carbonyl (C=O) groups is 1.